The van der Waals surface area contributed by atoms with Gasteiger partial charge in [-0.1, -0.05) is 18.2 Å². The van der Waals surface area contributed by atoms with Gasteiger partial charge in [-0.3, -0.25) is 9.69 Å². The number of rotatable bonds is 3. The van der Waals surface area contributed by atoms with E-state index in [4.69, 9.17) is 5.11 Å². The van der Waals surface area contributed by atoms with Crippen molar-refractivity contribution in [3.63, 3.8) is 0 Å². The maximum absolute atomic E-state index is 11.8. The van der Waals surface area contributed by atoms with E-state index in [0.29, 0.717) is 18.7 Å². The Morgan fingerprint density at radius 1 is 1.32 bits per heavy atom. The molecule has 1 aliphatic heterocycles. The lowest BCUT2D eigenvalue weighted by atomic mass is 10.1. The Kier molecular flexibility index (Phi) is 4.16. The summed E-state index contributed by atoms with van der Waals surface area (Å²) in [4.78, 5) is 26.7. The predicted octanol–water partition coefficient (Wildman–Crippen LogP) is 1.05. The van der Waals surface area contributed by atoms with Crippen molar-refractivity contribution < 1.29 is 14.7 Å². The molecule has 0 aliphatic carbocycles. The highest BCUT2D eigenvalue weighted by Gasteiger charge is 2.20. The monoisotopic (exact) mass is 262 g/mol. The van der Waals surface area contributed by atoms with Gasteiger partial charge in [0, 0.05) is 26.7 Å². The highest BCUT2D eigenvalue weighted by molar-refractivity contribution is 5.89. The Morgan fingerprint density at radius 2 is 2.05 bits per heavy atom. The Hall–Kier alpha value is -1.88. The van der Waals surface area contributed by atoms with Crippen molar-refractivity contribution in [3.8, 4) is 0 Å². The first-order valence-corrected chi connectivity index (χ1v) is 6.35. The summed E-state index contributed by atoms with van der Waals surface area (Å²) < 4.78 is 0. The highest BCUT2D eigenvalue weighted by atomic mass is 16.4. The van der Waals surface area contributed by atoms with Crippen molar-refractivity contribution in [2.45, 2.75) is 13.0 Å². The van der Waals surface area contributed by atoms with Crippen LogP contribution in [0.3, 0.4) is 0 Å². The summed E-state index contributed by atoms with van der Waals surface area (Å²) in [5.74, 6) is -0.834. The Morgan fingerprint density at radius 3 is 2.79 bits per heavy atom. The number of carbonyl (C=O) groups is 2. The van der Waals surface area contributed by atoms with E-state index in [1.165, 1.54) is 0 Å². The molecule has 1 N–H and O–H groups in total. The molecule has 1 aliphatic rings. The van der Waals surface area contributed by atoms with Crippen LogP contribution in [0.5, 0.6) is 0 Å². The Bertz CT molecular complexity index is 487. The van der Waals surface area contributed by atoms with Crippen molar-refractivity contribution in [2.24, 2.45) is 0 Å². The van der Waals surface area contributed by atoms with E-state index < -0.39 is 5.97 Å². The van der Waals surface area contributed by atoms with Crippen LogP contribution in [0.1, 0.15) is 22.3 Å². The number of likely N-dealkylation sites (N-methyl/N-ethyl adjacent to an activating group) is 1. The van der Waals surface area contributed by atoms with E-state index in [1.807, 2.05) is 17.0 Å². The summed E-state index contributed by atoms with van der Waals surface area (Å²) in [6.45, 7) is 2.42. The molecule has 102 valence electrons. The zero-order valence-corrected chi connectivity index (χ0v) is 11.0. The Labute approximate surface area is 112 Å². The summed E-state index contributed by atoms with van der Waals surface area (Å²) in [5.41, 5.74) is 1.07. The quantitative estimate of drug-likeness (QED) is 0.884. The van der Waals surface area contributed by atoms with E-state index in [0.717, 1.165) is 25.1 Å². The first kappa shape index (κ1) is 13.5. The zero-order valence-electron chi connectivity index (χ0n) is 11.0. The molecule has 5 nitrogen and oxygen atoms in total. The van der Waals surface area contributed by atoms with Gasteiger partial charge in [-0.25, -0.2) is 4.79 Å². The number of nitrogens with zero attached hydrogens (tertiary/aromatic N) is 2. The molecular weight excluding hydrogens is 244 g/mol. The number of benzene rings is 1. The van der Waals surface area contributed by atoms with Gasteiger partial charge in [0.1, 0.15) is 0 Å². The number of carbonyl (C=O) groups excluding carboxylic acids is 1. The van der Waals surface area contributed by atoms with E-state index in [9.17, 15) is 9.59 Å². The third kappa shape index (κ3) is 3.32. The SMILES string of the molecule is CN1CCCN(Cc2ccccc2C(=O)O)CC1=O. The minimum absolute atomic E-state index is 0.0882. The van der Waals surface area contributed by atoms with Crippen LogP contribution in [0.25, 0.3) is 0 Å². The van der Waals surface area contributed by atoms with Gasteiger partial charge in [0.2, 0.25) is 5.91 Å². The van der Waals surface area contributed by atoms with Crippen LogP contribution in [-0.2, 0) is 11.3 Å². The van der Waals surface area contributed by atoms with Gasteiger partial charge in [0.25, 0.3) is 0 Å². The molecule has 0 aromatic heterocycles. The second-order valence-corrected chi connectivity index (χ2v) is 4.84. The number of hydrogen-bond donors (Lipinski definition) is 1. The van der Waals surface area contributed by atoms with Crippen LogP contribution >= 0.6 is 0 Å². The lowest BCUT2D eigenvalue weighted by Crippen LogP contribution is -2.34. The fourth-order valence-corrected chi connectivity index (χ4v) is 2.29. The molecule has 1 aromatic carbocycles. The van der Waals surface area contributed by atoms with Gasteiger partial charge in [-0.15, -0.1) is 0 Å². The van der Waals surface area contributed by atoms with E-state index >= 15 is 0 Å². The second kappa shape index (κ2) is 5.84. The molecule has 1 heterocycles. The topological polar surface area (TPSA) is 60.9 Å². The lowest BCUT2D eigenvalue weighted by molar-refractivity contribution is -0.130. The van der Waals surface area contributed by atoms with Gasteiger partial charge in [0.15, 0.2) is 0 Å². The van der Waals surface area contributed by atoms with Crippen LogP contribution in [0.4, 0.5) is 0 Å². The molecule has 0 radical (unpaired) electrons. The van der Waals surface area contributed by atoms with Crippen molar-refractivity contribution in [2.75, 3.05) is 26.7 Å². The summed E-state index contributed by atoms with van der Waals surface area (Å²) >= 11 is 0. The van der Waals surface area contributed by atoms with Crippen LogP contribution in [-0.4, -0.2) is 53.5 Å². The van der Waals surface area contributed by atoms with Gasteiger partial charge < -0.3 is 10.0 Å². The molecule has 1 amide bonds. The standard InChI is InChI=1S/C14H18N2O3/c1-15-7-4-8-16(10-13(15)17)9-11-5-2-3-6-12(11)14(18)19/h2-3,5-6H,4,7-10H2,1H3,(H,18,19). The van der Waals surface area contributed by atoms with Crippen LogP contribution in [0, 0.1) is 0 Å². The van der Waals surface area contributed by atoms with Crippen molar-refractivity contribution >= 4 is 11.9 Å². The average Bonchev–Trinajstić information content (AvgIpc) is 2.52. The molecule has 1 saturated heterocycles. The fraction of sp³-hybridized carbons (Fsp3) is 0.429. The molecule has 0 spiro atoms. The van der Waals surface area contributed by atoms with E-state index in [-0.39, 0.29) is 5.91 Å². The third-order valence-electron chi connectivity index (χ3n) is 3.39. The van der Waals surface area contributed by atoms with Gasteiger partial charge in [-0.05, 0) is 18.1 Å². The Balaban J connectivity index is 2.12. The molecule has 0 bridgehead atoms. The maximum Gasteiger partial charge on any atom is 0.336 e. The molecule has 19 heavy (non-hydrogen) atoms. The fourth-order valence-electron chi connectivity index (χ4n) is 2.29. The van der Waals surface area contributed by atoms with Crippen molar-refractivity contribution in [1.29, 1.82) is 0 Å². The number of carboxylic acid groups (broad SMARTS) is 1. The highest BCUT2D eigenvalue weighted by Crippen LogP contribution is 2.13. The smallest absolute Gasteiger partial charge is 0.336 e. The summed E-state index contributed by atoms with van der Waals surface area (Å²) in [6.07, 6.45) is 0.914. The van der Waals surface area contributed by atoms with Crippen LogP contribution < -0.4 is 0 Å². The molecule has 1 aromatic rings. The number of carboxylic acids is 1. The molecular formula is C14H18N2O3. The molecule has 0 atom stereocenters. The van der Waals surface area contributed by atoms with Crippen LogP contribution in [0.2, 0.25) is 0 Å². The third-order valence-corrected chi connectivity index (χ3v) is 3.39. The largest absolute Gasteiger partial charge is 0.478 e. The minimum Gasteiger partial charge on any atom is -0.478 e. The van der Waals surface area contributed by atoms with Gasteiger partial charge in [-0.2, -0.15) is 0 Å². The van der Waals surface area contributed by atoms with Crippen molar-refractivity contribution in [3.05, 3.63) is 35.4 Å². The van der Waals surface area contributed by atoms with Crippen molar-refractivity contribution in [1.82, 2.24) is 9.80 Å². The molecule has 0 unspecified atom stereocenters. The normalized spacial score (nSPS) is 17.3. The first-order chi connectivity index (χ1) is 9.08. The summed E-state index contributed by atoms with van der Waals surface area (Å²) in [6, 6.07) is 6.95. The molecule has 0 saturated carbocycles. The molecule has 2 rings (SSSR count). The number of hydrogen-bond acceptors (Lipinski definition) is 3. The minimum atomic E-state index is -0.922. The predicted molar refractivity (Wildman–Crippen MR) is 70.9 cm³/mol. The first-order valence-electron chi connectivity index (χ1n) is 6.35. The lowest BCUT2D eigenvalue weighted by Gasteiger charge is -2.20. The zero-order chi connectivity index (χ0) is 13.8. The summed E-state index contributed by atoms with van der Waals surface area (Å²) in [7, 11) is 1.80. The van der Waals surface area contributed by atoms with Gasteiger partial charge in [0.05, 0.1) is 12.1 Å². The van der Waals surface area contributed by atoms with E-state index in [1.54, 1.807) is 24.1 Å². The second-order valence-electron chi connectivity index (χ2n) is 4.84. The van der Waals surface area contributed by atoms with Crippen LogP contribution in [0.15, 0.2) is 24.3 Å². The maximum atomic E-state index is 11.8. The van der Waals surface area contributed by atoms with E-state index in [2.05, 4.69) is 0 Å². The molecule has 5 heteroatoms. The van der Waals surface area contributed by atoms with Gasteiger partial charge >= 0.3 is 5.97 Å². The average molecular weight is 262 g/mol. The number of aromatic carboxylic acids is 1. The summed E-state index contributed by atoms with van der Waals surface area (Å²) in [5, 5.41) is 9.15. The molecule has 1 fully saturated rings. The number of amides is 1.